The summed E-state index contributed by atoms with van der Waals surface area (Å²) in [5.74, 6) is -1.32. The molecule has 4 nitrogen and oxygen atoms in total. The minimum absolute atomic E-state index is 0.121. The van der Waals surface area contributed by atoms with Crippen LogP contribution < -0.4 is 5.32 Å². The highest BCUT2D eigenvalue weighted by molar-refractivity contribution is 6.00. The molecule has 0 unspecified atom stereocenters. The summed E-state index contributed by atoms with van der Waals surface area (Å²) >= 11 is 0. The molecule has 2 N–H and O–H groups in total. The molecule has 0 spiro atoms. The van der Waals surface area contributed by atoms with Crippen LogP contribution in [0.15, 0.2) is 48.5 Å². The predicted molar refractivity (Wildman–Crippen MR) is 81.6 cm³/mol. The topological polar surface area (TPSA) is 66.4 Å². The lowest BCUT2D eigenvalue weighted by Crippen LogP contribution is -2.11. The van der Waals surface area contributed by atoms with Gasteiger partial charge in [0.25, 0.3) is 0 Å². The maximum absolute atomic E-state index is 11.3. The first-order valence-electron chi connectivity index (χ1n) is 6.74. The molecular formula is C17H17NO3. The lowest BCUT2D eigenvalue weighted by Gasteiger charge is -2.09. The van der Waals surface area contributed by atoms with Crippen molar-refractivity contribution in [2.24, 2.45) is 0 Å². The number of hydrogen-bond acceptors (Lipinski definition) is 2. The predicted octanol–water partition coefficient (Wildman–Crippen LogP) is 3.13. The van der Waals surface area contributed by atoms with Crippen molar-refractivity contribution in [3.8, 4) is 0 Å². The van der Waals surface area contributed by atoms with Gasteiger partial charge in [0.2, 0.25) is 5.91 Å². The molecule has 108 valence electrons. The summed E-state index contributed by atoms with van der Waals surface area (Å²) in [6.45, 7) is 1.36. The molecule has 2 aromatic rings. The minimum Gasteiger partial charge on any atom is -0.478 e. The van der Waals surface area contributed by atoms with Crippen LogP contribution >= 0.6 is 0 Å². The Morgan fingerprint density at radius 2 is 1.67 bits per heavy atom. The molecule has 0 radical (unpaired) electrons. The molecule has 0 aliphatic rings. The van der Waals surface area contributed by atoms with Gasteiger partial charge in [-0.15, -0.1) is 0 Å². The van der Waals surface area contributed by atoms with Crippen LogP contribution in [0.25, 0.3) is 0 Å². The van der Waals surface area contributed by atoms with Gasteiger partial charge in [0.05, 0.1) is 11.3 Å². The number of anilines is 1. The molecule has 0 aliphatic heterocycles. The van der Waals surface area contributed by atoms with Crippen molar-refractivity contribution in [3.63, 3.8) is 0 Å². The Balaban J connectivity index is 2.16. The second-order valence-corrected chi connectivity index (χ2v) is 4.85. The van der Waals surface area contributed by atoms with Crippen molar-refractivity contribution >= 4 is 17.6 Å². The van der Waals surface area contributed by atoms with Crippen LogP contribution in [-0.2, 0) is 17.6 Å². The molecule has 0 saturated carbocycles. The van der Waals surface area contributed by atoms with Gasteiger partial charge in [0.15, 0.2) is 0 Å². The van der Waals surface area contributed by atoms with E-state index >= 15 is 0 Å². The average molecular weight is 283 g/mol. The third-order valence-electron chi connectivity index (χ3n) is 3.17. The third-order valence-corrected chi connectivity index (χ3v) is 3.17. The molecule has 0 aromatic heterocycles. The molecule has 2 aromatic carbocycles. The first-order chi connectivity index (χ1) is 10.1. The fraction of sp³-hybridized carbons (Fsp3) is 0.176. The van der Waals surface area contributed by atoms with Crippen molar-refractivity contribution in [2.45, 2.75) is 19.8 Å². The number of aryl methyl sites for hydroxylation is 2. The molecule has 0 heterocycles. The smallest absolute Gasteiger partial charge is 0.337 e. The van der Waals surface area contributed by atoms with Crippen LogP contribution in [0.2, 0.25) is 0 Å². The Morgan fingerprint density at radius 3 is 2.29 bits per heavy atom. The lowest BCUT2D eigenvalue weighted by molar-refractivity contribution is -0.114. The first kappa shape index (κ1) is 14.8. The van der Waals surface area contributed by atoms with Crippen molar-refractivity contribution in [3.05, 3.63) is 65.2 Å². The summed E-state index contributed by atoms with van der Waals surface area (Å²) in [6, 6.07) is 15.1. The van der Waals surface area contributed by atoms with Gasteiger partial charge in [-0.1, -0.05) is 36.4 Å². The Morgan fingerprint density at radius 1 is 1.00 bits per heavy atom. The van der Waals surface area contributed by atoms with Gasteiger partial charge >= 0.3 is 5.97 Å². The van der Waals surface area contributed by atoms with E-state index in [2.05, 4.69) is 5.32 Å². The zero-order valence-electron chi connectivity index (χ0n) is 11.8. The van der Waals surface area contributed by atoms with Crippen molar-refractivity contribution in [2.75, 3.05) is 5.32 Å². The zero-order chi connectivity index (χ0) is 15.2. The van der Waals surface area contributed by atoms with Crippen molar-refractivity contribution < 1.29 is 14.7 Å². The fourth-order valence-corrected chi connectivity index (χ4v) is 2.16. The summed E-state index contributed by atoms with van der Waals surface area (Å²) in [5.41, 5.74) is 2.60. The average Bonchev–Trinajstić information content (AvgIpc) is 2.46. The van der Waals surface area contributed by atoms with E-state index in [1.54, 1.807) is 12.1 Å². The van der Waals surface area contributed by atoms with Gasteiger partial charge in [0, 0.05) is 6.92 Å². The van der Waals surface area contributed by atoms with Gasteiger partial charge in [0.1, 0.15) is 0 Å². The molecule has 0 fully saturated rings. The maximum atomic E-state index is 11.3. The summed E-state index contributed by atoms with van der Waals surface area (Å²) < 4.78 is 0. The largest absolute Gasteiger partial charge is 0.478 e. The molecular weight excluding hydrogens is 266 g/mol. The van der Waals surface area contributed by atoms with Crippen molar-refractivity contribution in [1.82, 2.24) is 0 Å². The minimum atomic E-state index is -1.04. The number of carbonyl (C=O) groups is 2. The molecule has 0 bridgehead atoms. The van der Waals surface area contributed by atoms with Crippen LogP contribution in [0, 0.1) is 0 Å². The lowest BCUT2D eigenvalue weighted by atomic mass is 10.0. The summed E-state index contributed by atoms with van der Waals surface area (Å²) in [7, 11) is 0. The normalized spacial score (nSPS) is 10.1. The van der Waals surface area contributed by atoms with Gasteiger partial charge in [-0.3, -0.25) is 4.79 Å². The third kappa shape index (κ3) is 4.18. The highest BCUT2D eigenvalue weighted by Gasteiger charge is 2.12. The van der Waals surface area contributed by atoms with Gasteiger partial charge in [-0.25, -0.2) is 4.79 Å². The van der Waals surface area contributed by atoms with E-state index in [0.29, 0.717) is 5.69 Å². The summed E-state index contributed by atoms with van der Waals surface area (Å²) in [5, 5.41) is 11.8. The molecule has 4 heteroatoms. The molecule has 1 amide bonds. The molecule has 0 aliphatic carbocycles. The number of amides is 1. The summed E-state index contributed by atoms with van der Waals surface area (Å²) in [6.07, 6.45) is 1.60. The number of carboxylic acid groups (broad SMARTS) is 1. The van der Waals surface area contributed by atoms with Crippen LogP contribution in [0.3, 0.4) is 0 Å². The highest BCUT2D eigenvalue weighted by atomic mass is 16.4. The number of hydrogen-bond donors (Lipinski definition) is 2. The number of aromatic carboxylic acids is 1. The Hall–Kier alpha value is -2.62. The molecule has 2 rings (SSSR count). The first-order valence-corrected chi connectivity index (χ1v) is 6.74. The number of nitrogens with one attached hydrogen (secondary N) is 1. The number of carbonyl (C=O) groups excluding carboxylic acids is 1. The quantitative estimate of drug-likeness (QED) is 0.886. The van der Waals surface area contributed by atoms with E-state index in [0.717, 1.165) is 18.4 Å². The zero-order valence-corrected chi connectivity index (χ0v) is 11.8. The van der Waals surface area contributed by atoms with Gasteiger partial charge < -0.3 is 10.4 Å². The number of rotatable bonds is 5. The van der Waals surface area contributed by atoms with E-state index in [4.69, 9.17) is 0 Å². The number of benzene rings is 2. The Kier molecular flexibility index (Phi) is 4.72. The second kappa shape index (κ2) is 6.70. The molecule has 0 saturated heterocycles. The van der Waals surface area contributed by atoms with Crippen LogP contribution in [0.5, 0.6) is 0 Å². The van der Waals surface area contributed by atoms with E-state index in [1.165, 1.54) is 12.5 Å². The highest BCUT2D eigenvalue weighted by Crippen LogP contribution is 2.19. The number of carboxylic acids is 1. The maximum Gasteiger partial charge on any atom is 0.337 e. The van der Waals surface area contributed by atoms with E-state index in [-0.39, 0.29) is 11.5 Å². The van der Waals surface area contributed by atoms with Gasteiger partial charge in [-0.2, -0.15) is 0 Å². The standard InChI is InChI=1S/C17H17NO3/c1-12(19)18-16-10-9-14(11-15(16)17(20)21)8-7-13-5-3-2-4-6-13/h2-6,9-11H,7-8H2,1H3,(H,18,19)(H,20,21). The van der Waals surface area contributed by atoms with E-state index in [9.17, 15) is 14.7 Å². The molecule has 21 heavy (non-hydrogen) atoms. The van der Waals surface area contributed by atoms with Gasteiger partial charge in [-0.05, 0) is 36.1 Å². The Bertz CT molecular complexity index is 650. The van der Waals surface area contributed by atoms with E-state index < -0.39 is 5.97 Å². The molecule has 0 atom stereocenters. The van der Waals surface area contributed by atoms with Crippen LogP contribution in [0.4, 0.5) is 5.69 Å². The monoisotopic (exact) mass is 283 g/mol. The summed E-state index contributed by atoms with van der Waals surface area (Å²) in [4.78, 5) is 22.4. The van der Waals surface area contributed by atoms with E-state index in [1.807, 2.05) is 36.4 Å². The second-order valence-electron chi connectivity index (χ2n) is 4.85. The Labute approximate surface area is 123 Å². The van der Waals surface area contributed by atoms with Crippen LogP contribution in [-0.4, -0.2) is 17.0 Å². The SMILES string of the molecule is CC(=O)Nc1ccc(CCc2ccccc2)cc1C(=O)O. The fourth-order valence-electron chi connectivity index (χ4n) is 2.16. The van der Waals surface area contributed by atoms with Crippen LogP contribution in [0.1, 0.15) is 28.4 Å². The van der Waals surface area contributed by atoms with Crippen molar-refractivity contribution in [1.29, 1.82) is 0 Å².